The first-order chi connectivity index (χ1) is 9.18. The molecule has 110 valence electrons. The summed E-state index contributed by atoms with van der Waals surface area (Å²) in [5, 5.41) is 3.35. The zero-order chi connectivity index (χ0) is 13.7. The molecular formula is C15H28N2O2. The van der Waals surface area contributed by atoms with Crippen molar-refractivity contribution in [1.29, 1.82) is 0 Å². The van der Waals surface area contributed by atoms with Gasteiger partial charge in [0.2, 0.25) is 5.91 Å². The highest BCUT2D eigenvalue weighted by Crippen LogP contribution is 2.34. The minimum Gasteiger partial charge on any atom is -0.376 e. The Labute approximate surface area is 116 Å². The quantitative estimate of drug-likeness (QED) is 0.845. The van der Waals surface area contributed by atoms with Gasteiger partial charge in [-0.2, -0.15) is 0 Å². The molecule has 0 aromatic carbocycles. The molecule has 2 aliphatic heterocycles. The zero-order valence-corrected chi connectivity index (χ0v) is 12.4. The van der Waals surface area contributed by atoms with Crippen LogP contribution in [0.5, 0.6) is 0 Å². The van der Waals surface area contributed by atoms with Gasteiger partial charge in [0, 0.05) is 20.2 Å². The smallest absolute Gasteiger partial charge is 0.228 e. The van der Waals surface area contributed by atoms with Crippen molar-refractivity contribution >= 4 is 5.91 Å². The molecule has 0 aliphatic carbocycles. The summed E-state index contributed by atoms with van der Waals surface area (Å²) in [5.41, 5.74) is -0.130. The van der Waals surface area contributed by atoms with E-state index < -0.39 is 0 Å². The Bertz CT molecular complexity index is 295. The third-order valence-corrected chi connectivity index (χ3v) is 4.79. The van der Waals surface area contributed by atoms with E-state index in [-0.39, 0.29) is 11.5 Å². The molecule has 2 heterocycles. The maximum atomic E-state index is 12.8. The Morgan fingerprint density at radius 1 is 1.37 bits per heavy atom. The summed E-state index contributed by atoms with van der Waals surface area (Å²) in [4.78, 5) is 14.7. The molecule has 0 saturated carbocycles. The molecule has 0 aromatic rings. The number of carbonyl (C=O) groups excluding carboxylic acids is 1. The number of hydrogen-bond donors (Lipinski definition) is 1. The van der Waals surface area contributed by atoms with E-state index in [0.29, 0.717) is 5.91 Å². The predicted molar refractivity (Wildman–Crippen MR) is 76.1 cm³/mol. The molecule has 4 nitrogen and oxygen atoms in total. The third-order valence-electron chi connectivity index (χ3n) is 4.79. The van der Waals surface area contributed by atoms with Gasteiger partial charge in [-0.25, -0.2) is 0 Å². The van der Waals surface area contributed by atoms with Crippen LogP contribution >= 0.6 is 0 Å². The van der Waals surface area contributed by atoms with E-state index in [1.165, 1.54) is 12.8 Å². The van der Waals surface area contributed by atoms with Crippen LogP contribution in [-0.2, 0) is 9.53 Å². The summed E-state index contributed by atoms with van der Waals surface area (Å²) in [6.07, 6.45) is 6.63. The molecule has 0 spiro atoms. The number of nitrogens with zero attached hydrogens (tertiary/aromatic N) is 1. The summed E-state index contributed by atoms with van der Waals surface area (Å²) >= 11 is 0. The monoisotopic (exact) mass is 268 g/mol. The van der Waals surface area contributed by atoms with Gasteiger partial charge in [-0.1, -0.05) is 6.92 Å². The number of hydrogen-bond acceptors (Lipinski definition) is 3. The Kier molecular flexibility index (Phi) is 5.22. The standard InChI is InChI=1S/C15H28N2O2/c1-3-15(7-9-16-10-8-15)14(18)17(2)12-13-6-4-5-11-19-13/h13,16H,3-12H2,1-2H3. The van der Waals surface area contributed by atoms with Crippen LogP contribution in [0.2, 0.25) is 0 Å². The summed E-state index contributed by atoms with van der Waals surface area (Å²) in [5.74, 6) is 0.325. The van der Waals surface area contributed by atoms with Crippen LogP contribution in [0.4, 0.5) is 0 Å². The first-order valence-corrected chi connectivity index (χ1v) is 7.76. The van der Waals surface area contributed by atoms with Crippen molar-refractivity contribution in [1.82, 2.24) is 10.2 Å². The minimum absolute atomic E-state index is 0.130. The highest BCUT2D eigenvalue weighted by Gasteiger charge is 2.39. The summed E-state index contributed by atoms with van der Waals surface area (Å²) in [6.45, 7) is 5.69. The minimum atomic E-state index is -0.130. The van der Waals surface area contributed by atoms with Crippen molar-refractivity contribution in [3.63, 3.8) is 0 Å². The van der Waals surface area contributed by atoms with Crippen LogP contribution < -0.4 is 5.32 Å². The van der Waals surface area contributed by atoms with Crippen molar-refractivity contribution in [2.45, 2.75) is 51.6 Å². The highest BCUT2D eigenvalue weighted by molar-refractivity contribution is 5.82. The molecule has 0 radical (unpaired) electrons. The topological polar surface area (TPSA) is 41.6 Å². The number of nitrogens with one attached hydrogen (secondary N) is 1. The molecule has 0 aromatic heterocycles. The van der Waals surface area contributed by atoms with Crippen LogP contribution in [0.25, 0.3) is 0 Å². The molecule has 2 saturated heterocycles. The first kappa shape index (κ1) is 14.8. The fourth-order valence-corrected chi connectivity index (χ4v) is 3.37. The lowest BCUT2D eigenvalue weighted by atomic mass is 9.75. The SMILES string of the molecule is CCC1(C(=O)N(C)CC2CCCCO2)CCNCC1. The maximum Gasteiger partial charge on any atom is 0.228 e. The van der Waals surface area contributed by atoms with Gasteiger partial charge in [-0.15, -0.1) is 0 Å². The maximum absolute atomic E-state index is 12.8. The zero-order valence-electron chi connectivity index (χ0n) is 12.4. The highest BCUT2D eigenvalue weighted by atomic mass is 16.5. The Hall–Kier alpha value is -0.610. The molecule has 1 atom stereocenters. The van der Waals surface area contributed by atoms with E-state index in [0.717, 1.165) is 51.9 Å². The number of likely N-dealkylation sites (N-methyl/N-ethyl adjacent to an activating group) is 1. The van der Waals surface area contributed by atoms with Gasteiger partial charge in [0.25, 0.3) is 0 Å². The summed E-state index contributed by atoms with van der Waals surface area (Å²) in [7, 11) is 1.94. The van der Waals surface area contributed by atoms with Crippen LogP contribution in [0.3, 0.4) is 0 Å². The van der Waals surface area contributed by atoms with Gasteiger partial charge in [0.15, 0.2) is 0 Å². The molecule has 19 heavy (non-hydrogen) atoms. The molecule has 1 unspecified atom stereocenters. The van der Waals surface area contributed by atoms with Crippen molar-refractivity contribution < 1.29 is 9.53 Å². The van der Waals surface area contributed by atoms with E-state index in [1.54, 1.807) is 0 Å². The van der Waals surface area contributed by atoms with Crippen molar-refractivity contribution in [2.24, 2.45) is 5.41 Å². The first-order valence-electron chi connectivity index (χ1n) is 7.76. The van der Waals surface area contributed by atoms with Crippen LogP contribution in [-0.4, -0.2) is 50.2 Å². The molecular weight excluding hydrogens is 240 g/mol. The van der Waals surface area contributed by atoms with E-state index in [2.05, 4.69) is 12.2 Å². The molecule has 1 amide bonds. The summed E-state index contributed by atoms with van der Waals surface area (Å²) in [6, 6.07) is 0. The molecule has 2 rings (SSSR count). The third kappa shape index (κ3) is 3.48. The lowest BCUT2D eigenvalue weighted by molar-refractivity contribution is -0.145. The van der Waals surface area contributed by atoms with Gasteiger partial charge in [-0.05, 0) is 51.6 Å². The van der Waals surface area contributed by atoms with Gasteiger partial charge in [-0.3, -0.25) is 4.79 Å². The van der Waals surface area contributed by atoms with Crippen molar-refractivity contribution in [3.8, 4) is 0 Å². The number of piperidine rings is 1. The second kappa shape index (κ2) is 6.71. The Morgan fingerprint density at radius 3 is 2.68 bits per heavy atom. The fourth-order valence-electron chi connectivity index (χ4n) is 3.37. The average molecular weight is 268 g/mol. The normalized spacial score (nSPS) is 26.9. The van der Waals surface area contributed by atoms with Gasteiger partial charge in [0.05, 0.1) is 11.5 Å². The van der Waals surface area contributed by atoms with Gasteiger partial charge < -0.3 is 15.0 Å². The molecule has 4 heteroatoms. The number of ether oxygens (including phenoxy) is 1. The molecule has 0 bridgehead atoms. The predicted octanol–water partition coefficient (Wildman–Crippen LogP) is 1.79. The largest absolute Gasteiger partial charge is 0.376 e. The Balaban J connectivity index is 1.92. The lowest BCUT2D eigenvalue weighted by Crippen LogP contribution is -2.49. The van der Waals surface area contributed by atoms with E-state index >= 15 is 0 Å². The van der Waals surface area contributed by atoms with E-state index in [1.807, 2.05) is 11.9 Å². The lowest BCUT2D eigenvalue weighted by Gasteiger charge is -2.39. The number of amides is 1. The van der Waals surface area contributed by atoms with Crippen molar-refractivity contribution in [2.75, 3.05) is 33.3 Å². The number of carbonyl (C=O) groups is 1. The van der Waals surface area contributed by atoms with Crippen molar-refractivity contribution in [3.05, 3.63) is 0 Å². The second-order valence-electron chi connectivity index (χ2n) is 6.06. The van der Waals surface area contributed by atoms with Crippen LogP contribution in [0.15, 0.2) is 0 Å². The Morgan fingerprint density at radius 2 is 2.11 bits per heavy atom. The van der Waals surface area contributed by atoms with Gasteiger partial charge in [0.1, 0.15) is 0 Å². The average Bonchev–Trinajstić information content (AvgIpc) is 2.48. The van der Waals surface area contributed by atoms with Gasteiger partial charge >= 0.3 is 0 Å². The fraction of sp³-hybridized carbons (Fsp3) is 0.933. The van der Waals surface area contributed by atoms with Crippen LogP contribution in [0.1, 0.15) is 45.4 Å². The number of rotatable bonds is 4. The van der Waals surface area contributed by atoms with E-state index in [9.17, 15) is 4.79 Å². The molecule has 2 aliphatic rings. The second-order valence-corrected chi connectivity index (χ2v) is 6.06. The summed E-state index contributed by atoms with van der Waals surface area (Å²) < 4.78 is 5.75. The molecule has 2 fully saturated rings. The van der Waals surface area contributed by atoms with E-state index in [4.69, 9.17) is 4.74 Å². The molecule has 1 N–H and O–H groups in total. The van der Waals surface area contributed by atoms with Crippen LogP contribution in [0, 0.1) is 5.41 Å².